The Labute approximate surface area is 107 Å². The first kappa shape index (κ1) is 14.2. The molecule has 0 spiro atoms. The standard InChI is InChI=1S/C16H28N/c1-4-12-17(13-5-2,14-6-3)15-16-10-8-7-9-11-16/h7-11H,4-6,12-15H2,1-3H3/q+1. The lowest BCUT2D eigenvalue weighted by molar-refractivity contribution is -0.941. The molecule has 1 nitrogen and oxygen atoms in total. The summed E-state index contributed by atoms with van der Waals surface area (Å²) in [6.07, 6.45) is 3.85. The van der Waals surface area contributed by atoms with Crippen molar-refractivity contribution < 1.29 is 4.48 Å². The Bertz CT molecular complexity index is 275. The highest BCUT2D eigenvalue weighted by Crippen LogP contribution is 2.17. The zero-order valence-corrected chi connectivity index (χ0v) is 11.8. The van der Waals surface area contributed by atoms with E-state index < -0.39 is 0 Å². The molecule has 0 N–H and O–H groups in total. The van der Waals surface area contributed by atoms with Crippen LogP contribution in [0.5, 0.6) is 0 Å². The molecular formula is C16H28N+. The summed E-state index contributed by atoms with van der Waals surface area (Å²) in [5.74, 6) is 0. The fourth-order valence-electron chi connectivity index (χ4n) is 2.97. The van der Waals surface area contributed by atoms with Crippen molar-refractivity contribution in [1.29, 1.82) is 0 Å². The van der Waals surface area contributed by atoms with E-state index in [1.165, 1.54) is 55.5 Å². The summed E-state index contributed by atoms with van der Waals surface area (Å²) in [7, 11) is 0. The van der Waals surface area contributed by atoms with E-state index in [9.17, 15) is 0 Å². The van der Waals surface area contributed by atoms with Gasteiger partial charge in [0, 0.05) is 5.56 Å². The molecule has 0 saturated heterocycles. The smallest absolute Gasteiger partial charge is 0.104 e. The van der Waals surface area contributed by atoms with Gasteiger partial charge in [-0.25, -0.2) is 0 Å². The van der Waals surface area contributed by atoms with Gasteiger partial charge in [0.25, 0.3) is 0 Å². The molecule has 1 aromatic carbocycles. The van der Waals surface area contributed by atoms with Crippen molar-refractivity contribution in [3.05, 3.63) is 35.9 Å². The zero-order valence-electron chi connectivity index (χ0n) is 11.8. The van der Waals surface area contributed by atoms with Gasteiger partial charge in [-0.05, 0) is 19.3 Å². The molecule has 0 radical (unpaired) electrons. The summed E-state index contributed by atoms with van der Waals surface area (Å²) in [6.45, 7) is 12.1. The normalized spacial score (nSPS) is 11.7. The average molecular weight is 234 g/mol. The summed E-state index contributed by atoms with van der Waals surface area (Å²) in [5, 5.41) is 0. The Morgan fingerprint density at radius 2 is 1.24 bits per heavy atom. The molecule has 17 heavy (non-hydrogen) atoms. The molecule has 0 fully saturated rings. The van der Waals surface area contributed by atoms with Gasteiger partial charge in [-0.3, -0.25) is 0 Å². The van der Waals surface area contributed by atoms with Crippen molar-refractivity contribution in [2.75, 3.05) is 19.6 Å². The average Bonchev–Trinajstić information content (AvgIpc) is 2.31. The molecule has 1 rings (SSSR count). The number of rotatable bonds is 8. The molecule has 0 aliphatic carbocycles. The van der Waals surface area contributed by atoms with Crippen LogP contribution in [0.2, 0.25) is 0 Å². The maximum atomic E-state index is 2.31. The van der Waals surface area contributed by atoms with Crippen LogP contribution >= 0.6 is 0 Å². The van der Waals surface area contributed by atoms with Crippen LogP contribution in [-0.2, 0) is 6.54 Å². The van der Waals surface area contributed by atoms with E-state index in [4.69, 9.17) is 0 Å². The lowest BCUT2D eigenvalue weighted by atomic mass is 10.1. The molecule has 0 aromatic heterocycles. The van der Waals surface area contributed by atoms with Crippen molar-refractivity contribution in [1.82, 2.24) is 0 Å². The molecule has 0 aliphatic rings. The van der Waals surface area contributed by atoms with Crippen LogP contribution in [0.3, 0.4) is 0 Å². The number of nitrogens with zero attached hydrogens (tertiary/aromatic N) is 1. The molecular weight excluding hydrogens is 206 g/mol. The summed E-state index contributed by atoms with van der Waals surface area (Å²) in [5.41, 5.74) is 1.49. The van der Waals surface area contributed by atoms with Gasteiger partial charge in [-0.1, -0.05) is 51.1 Å². The van der Waals surface area contributed by atoms with E-state index in [0.29, 0.717) is 0 Å². The maximum absolute atomic E-state index is 2.31. The predicted molar refractivity (Wildman–Crippen MR) is 75.9 cm³/mol. The second-order valence-corrected chi connectivity index (χ2v) is 5.16. The van der Waals surface area contributed by atoms with Gasteiger partial charge in [-0.2, -0.15) is 0 Å². The third kappa shape index (κ3) is 4.51. The van der Waals surface area contributed by atoms with E-state index in [2.05, 4.69) is 51.1 Å². The van der Waals surface area contributed by atoms with Crippen molar-refractivity contribution >= 4 is 0 Å². The summed E-state index contributed by atoms with van der Waals surface area (Å²) in [6, 6.07) is 11.0. The van der Waals surface area contributed by atoms with Gasteiger partial charge in [0.15, 0.2) is 0 Å². The van der Waals surface area contributed by atoms with Crippen LogP contribution in [0.4, 0.5) is 0 Å². The van der Waals surface area contributed by atoms with Crippen molar-refractivity contribution in [2.45, 2.75) is 46.6 Å². The minimum absolute atomic E-state index is 1.20. The number of hydrogen-bond donors (Lipinski definition) is 0. The highest BCUT2D eigenvalue weighted by Gasteiger charge is 2.24. The molecule has 0 saturated carbocycles. The third-order valence-corrected chi connectivity index (χ3v) is 3.45. The fraction of sp³-hybridized carbons (Fsp3) is 0.625. The first-order valence-electron chi connectivity index (χ1n) is 7.15. The SMILES string of the molecule is CCC[N+](CCC)(CCC)Cc1ccccc1. The summed E-state index contributed by atoms with van der Waals surface area (Å²) < 4.78 is 1.27. The fourth-order valence-corrected chi connectivity index (χ4v) is 2.97. The molecule has 0 unspecified atom stereocenters. The van der Waals surface area contributed by atoms with Crippen LogP contribution in [0, 0.1) is 0 Å². The highest BCUT2D eigenvalue weighted by atomic mass is 15.3. The van der Waals surface area contributed by atoms with E-state index in [1.54, 1.807) is 0 Å². The van der Waals surface area contributed by atoms with Crippen molar-refractivity contribution in [2.24, 2.45) is 0 Å². The van der Waals surface area contributed by atoms with Gasteiger partial charge in [0.2, 0.25) is 0 Å². The molecule has 0 atom stereocenters. The lowest BCUT2D eigenvalue weighted by Gasteiger charge is -2.38. The Morgan fingerprint density at radius 3 is 1.65 bits per heavy atom. The molecule has 1 aromatic rings. The van der Waals surface area contributed by atoms with Gasteiger partial charge in [0.1, 0.15) is 6.54 Å². The Balaban J connectivity index is 2.80. The lowest BCUT2D eigenvalue weighted by Crippen LogP contribution is -2.48. The number of hydrogen-bond acceptors (Lipinski definition) is 0. The van der Waals surface area contributed by atoms with Crippen LogP contribution in [0.25, 0.3) is 0 Å². The first-order valence-corrected chi connectivity index (χ1v) is 7.15. The summed E-state index contributed by atoms with van der Waals surface area (Å²) in [4.78, 5) is 0. The minimum Gasteiger partial charge on any atom is -0.320 e. The van der Waals surface area contributed by atoms with Crippen molar-refractivity contribution in [3.63, 3.8) is 0 Å². The Morgan fingerprint density at radius 1 is 0.765 bits per heavy atom. The molecule has 1 heteroatoms. The molecule has 0 bridgehead atoms. The number of quaternary nitrogens is 1. The highest BCUT2D eigenvalue weighted by molar-refractivity contribution is 5.13. The second kappa shape index (κ2) is 7.50. The zero-order chi connectivity index (χ0) is 12.6. The number of benzene rings is 1. The van der Waals surface area contributed by atoms with Crippen LogP contribution < -0.4 is 0 Å². The van der Waals surface area contributed by atoms with Gasteiger partial charge < -0.3 is 4.48 Å². The largest absolute Gasteiger partial charge is 0.320 e. The Kier molecular flexibility index (Phi) is 6.28. The van der Waals surface area contributed by atoms with E-state index in [0.717, 1.165) is 0 Å². The van der Waals surface area contributed by atoms with E-state index in [1.807, 2.05) is 0 Å². The van der Waals surface area contributed by atoms with Crippen LogP contribution in [0.15, 0.2) is 30.3 Å². The van der Waals surface area contributed by atoms with Gasteiger partial charge in [0.05, 0.1) is 19.6 Å². The van der Waals surface area contributed by atoms with E-state index >= 15 is 0 Å². The van der Waals surface area contributed by atoms with E-state index in [-0.39, 0.29) is 0 Å². The quantitative estimate of drug-likeness (QED) is 0.590. The van der Waals surface area contributed by atoms with Crippen LogP contribution in [-0.4, -0.2) is 24.1 Å². The molecule has 96 valence electrons. The molecule has 0 heterocycles. The first-order chi connectivity index (χ1) is 8.26. The second-order valence-electron chi connectivity index (χ2n) is 5.16. The molecule has 0 amide bonds. The van der Waals surface area contributed by atoms with Crippen molar-refractivity contribution in [3.8, 4) is 0 Å². The van der Waals surface area contributed by atoms with Gasteiger partial charge >= 0.3 is 0 Å². The third-order valence-electron chi connectivity index (χ3n) is 3.45. The summed E-state index contributed by atoms with van der Waals surface area (Å²) >= 11 is 0. The van der Waals surface area contributed by atoms with Gasteiger partial charge in [-0.15, -0.1) is 0 Å². The Hall–Kier alpha value is -0.820. The molecule has 0 aliphatic heterocycles. The monoisotopic (exact) mass is 234 g/mol. The maximum Gasteiger partial charge on any atom is 0.104 e. The predicted octanol–water partition coefficient (Wildman–Crippen LogP) is 4.23. The van der Waals surface area contributed by atoms with Crippen LogP contribution in [0.1, 0.15) is 45.6 Å². The topological polar surface area (TPSA) is 0 Å². The minimum atomic E-state index is 1.20.